The third-order valence-electron chi connectivity index (χ3n) is 3.94. The van der Waals surface area contributed by atoms with Gasteiger partial charge in [0, 0.05) is 13.0 Å². The fraction of sp³-hybridized carbons (Fsp3) is 0.529. The molecule has 0 aliphatic carbocycles. The number of carbonyl (C=O) groups is 2. The quantitative estimate of drug-likeness (QED) is 0.870. The number of amides is 2. The molecule has 4 heteroatoms. The molecule has 1 saturated heterocycles. The summed E-state index contributed by atoms with van der Waals surface area (Å²) in [6.45, 7) is 2.84. The van der Waals surface area contributed by atoms with Gasteiger partial charge in [0.05, 0.1) is 0 Å². The minimum absolute atomic E-state index is 0.0448. The van der Waals surface area contributed by atoms with Gasteiger partial charge in [-0.3, -0.25) is 9.59 Å². The lowest BCUT2D eigenvalue weighted by Gasteiger charge is -2.15. The highest BCUT2D eigenvalue weighted by molar-refractivity contribution is 5.87. The zero-order valence-corrected chi connectivity index (χ0v) is 12.7. The van der Waals surface area contributed by atoms with Gasteiger partial charge in [0.25, 0.3) is 0 Å². The van der Waals surface area contributed by atoms with Crippen LogP contribution in [0.4, 0.5) is 0 Å². The third kappa shape index (κ3) is 4.88. The molecule has 1 fully saturated rings. The third-order valence-corrected chi connectivity index (χ3v) is 3.94. The molecule has 1 aromatic rings. The summed E-state index contributed by atoms with van der Waals surface area (Å²) in [5.74, 6) is -0.0928. The first-order chi connectivity index (χ1) is 10.2. The van der Waals surface area contributed by atoms with Gasteiger partial charge in [-0.25, -0.2) is 0 Å². The zero-order valence-electron chi connectivity index (χ0n) is 12.7. The minimum atomic E-state index is -0.359. The molecule has 1 aromatic carbocycles. The summed E-state index contributed by atoms with van der Waals surface area (Å²) in [4.78, 5) is 23.7. The summed E-state index contributed by atoms with van der Waals surface area (Å²) in [6, 6.07) is 8.00. The molecule has 2 N–H and O–H groups in total. The van der Waals surface area contributed by atoms with Crippen LogP contribution in [-0.2, 0) is 22.4 Å². The van der Waals surface area contributed by atoms with Crippen LogP contribution < -0.4 is 10.6 Å². The zero-order chi connectivity index (χ0) is 15.1. The lowest BCUT2D eigenvalue weighted by atomic mass is 10.1. The van der Waals surface area contributed by atoms with Crippen molar-refractivity contribution in [2.75, 3.05) is 6.54 Å². The van der Waals surface area contributed by atoms with Crippen molar-refractivity contribution in [1.82, 2.24) is 10.6 Å². The number of carbonyl (C=O) groups excluding carboxylic acids is 2. The van der Waals surface area contributed by atoms with E-state index >= 15 is 0 Å². The average Bonchev–Trinajstić information content (AvgIpc) is 2.71. The largest absolute Gasteiger partial charge is 0.354 e. The molecule has 0 spiro atoms. The van der Waals surface area contributed by atoms with Crippen LogP contribution in [-0.4, -0.2) is 24.4 Å². The Morgan fingerprint density at radius 3 is 2.67 bits per heavy atom. The molecule has 4 nitrogen and oxygen atoms in total. The van der Waals surface area contributed by atoms with Gasteiger partial charge in [0.2, 0.25) is 11.8 Å². The molecule has 0 radical (unpaired) electrons. The maximum atomic E-state index is 12.0. The van der Waals surface area contributed by atoms with Crippen molar-refractivity contribution in [3.63, 3.8) is 0 Å². The van der Waals surface area contributed by atoms with Crippen molar-refractivity contribution in [2.24, 2.45) is 0 Å². The number of hydrogen-bond acceptors (Lipinski definition) is 2. The van der Waals surface area contributed by atoms with Gasteiger partial charge < -0.3 is 10.6 Å². The van der Waals surface area contributed by atoms with E-state index < -0.39 is 0 Å². The van der Waals surface area contributed by atoms with E-state index in [1.807, 2.05) is 0 Å². The number of hydrogen-bond donors (Lipinski definition) is 2. The molecular formula is C17H24N2O2. The molecule has 0 unspecified atom stereocenters. The molecule has 1 atom stereocenters. The average molecular weight is 288 g/mol. The molecule has 1 aliphatic rings. The van der Waals surface area contributed by atoms with Gasteiger partial charge in [-0.1, -0.05) is 31.2 Å². The Labute approximate surface area is 126 Å². The highest BCUT2D eigenvalue weighted by atomic mass is 16.2. The van der Waals surface area contributed by atoms with Crippen LogP contribution in [0.1, 0.15) is 43.7 Å². The van der Waals surface area contributed by atoms with Crippen molar-refractivity contribution in [3.8, 4) is 0 Å². The fourth-order valence-electron chi connectivity index (χ4n) is 2.54. The van der Waals surface area contributed by atoms with Crippen molar-refractivity contribution in [2.45, 2.75) is 51.5 Å². The lowest BCUT2D eigenvalue weighted by molar-refractivity contribution is -0.128. The van der Waals surface area contributed by atoms with E-state index in [-0.39, 0.29) is 17.9 Å². The van der Waals surface area contributed by atoms with Gasteiger partial charge in [-0.2, -0.15) is 0 Å². The van der Waals surface area contributed by atoms with Gasteiger partial charge in [0.15, 0.2) is 0 Å². The number of benzene rings is 1. The lowest BCUT2D eigenvalue weighted by Crippen LogP contribution is -2.45. The first kappa shape index (κ1) is 15.5. The molecule has 0 bridgehead atoms. The monoisotopic (exact) mass is 288 g/mol. The summed E-state index contributed by atoms with van der Waals surface area (Å²) in [5, 5.41) is 5.68. The first-order valence-corrected chi connectivity index (χ1v) is 7.84. The van der Waals surface area contributed by atoms with Gasteiger partial charge in [-0.15, -0.1) is 0 Å². The van der Waals surface area contributed by atoms with Crippen LogP contribution in [0, 0.1) is 0 Å². The van der Waals surface area contributed by atoms with Crippen LogP contribution in [0.2, 0.25) is 0 Å². The molecule has 21 heavy (non-hydrogen) atoms. The minimum Gasteiger partial charge on any atom is -0.354 e. The second-order valence-corrected chi connectivity index (χ2v) is 5.58. The van der Waals surface area contributed by atoms with Crippen LogP contribution in [0.25, 0.3) is 0 Å². The van der Waals surface area contributed by atoms with Gasteiger partial charge >= 0.3 is 0 Å². The summed E-state index contributed by atoms with van der Waals surface area (Å²) in [5.41, 5.74) is 2.46. The van der Waals surface area contributed by atoms with E-state index in [2.05, 4.69) is 41.8 Å². The normalized spacial score (nSPS) is 18.7. The van der Waals surface area contributed by atoms with Crippen LogP contribution >= 0.6 is 0 Å². The van der Waals surface area contributed by atoms with Gasteiger partial charge in [0.1, 0.15) is 6.04 Å². The van der Waals surface area contributed by atoms with E-state index in [9.17, 15) is 9.59 Å². The second-order valence-electron chi connectivity index (χ2n) is 5.58. The Morgan fingerprint density at radius 1 is 1.24 bits per heavy atom. The Hall–Kier alpha value is -1.84. The maximum Gasteiger partial charge on any atom is 0.242 e. The first-order valence-electron chi connectivity index (χ1n) is 7.84. The summed E-state index contributed by atoms with van der Waals surface area (Å²) >= 11 is 0. The highest BCUT2D eigenvalue weighted by Crippen LogP contribution is 2.09. The number of rotatable bonds is 5. The Kier molecular flexibility index (Phi) is 5.78. The van der Waals surface area contributed by atoms with Crippen molar-refractivity contribution >= 4 is 11.8 Å². The number of nitrogens with one attached hydrogen (secondary N) is 2. The Balaban J connectivity index is 1.79. The molecule has 0 saturated carbocycles. The van der Waals surface area contributed by atoms with Crippen LogP contribution in [0.3, 0.4) is 0 Å². The molecule has 0 aromatic heterocycles. The smallest absolute Gasteiger partial charge is 0.242 e. The summed E-state index contributed by atoms with van der Waals surface area (Å²) in [7, 11) is 0. The van der Waals surface area contributed by atoms with E-state index in [0.717, 1.165) is 37.8 Å². The van der Waals surface area contributed by atoms with Crippen molar-refractivity contribution in [3.05, 3.63) is 35.4 Å². The molecule has 114 valence electrons. The summed E-state index contributed by atoms with van der Waals surface area (Å²) < 4.78 is 0. The number of aryl methyl sites for hydroxylation is 2. The van der Waals surface area contributed by atoms with E-state index in [1.165, 1.54) is 5.56 Å². The SMILES string of the molecule is CCc1ccc(CCC(=O)N[C@H]2CCCCNC2=O)cc1. The molecule has 1 heterocycles. The van der Waals surface area contributed by atoms with Crippen LogP contribution in [0.15, 0.2) is 24.3 Å². The Bertz CT molecular complexity index is 482. The fourth-order valence-corrected chi connectivity index (χ4v) is 2.54. The predicted octanol–water partition coefficient (Wildman–Crippen LogP) is 1.97. The molecule has 2 rings (SSSR count). The standard InChI is InChI=1S/C17H24N2O2/c1-2-13-6-8-14(9-7-13)10-11-16(20)19-15-5-3-4-12-18-17(15)21/h6-9,15H,2-5,10-12H2,1H3,(H,18,21)(H,19,20)/t15-/m0/s1. The van der Waals surface area contributed by atoms with Crippen LogP contribution in [0.5, 0.6) is 0 Å². The van der Waals surface area contributed by atoms with Crippen molar-refractivity contribution < 1.29 is 9.59 Å². The van der Waals surface area contributed by atoms with Gasteiger partial charge in [-0.05, 0) is 43.2 Å². The molecular weight excluding hydrogens is 264 g/mol. The van der Waals surface area contributed by atoms with Crippen molar-refractivity contribution in [1.29, 1.82) is 0 Å². The van der Waals surface area contributed by atoms with E-state index in [1.54, 1.807) is 0 Å². The highest BCUT2D eigenvalue weighted by Gasteiger charge is 2.21. The second kappa shape index (κ2) is 7.81. The predicted molar refractivity (Wildman–Crippen MR) is 82.9 cm³/mol. The molecule has 1 aliphatic heterocycles. The maximum absolute atomic E-state index is 12.0. The summed E-state index contributed by atoms with van der Waals surface area (Å²) in [6.07, 6.45) is 4.86. The van der Waals surface area contributed by atoms with E-state index in [0.29, 0.717) is 12.8 Å². The topological polar surface area (TPSA) is 58.2 Å². The molecule has 2 amide bonds. The Morgan fingerprint density at radius 2 is 1.95 bits per heavy atom. The van der Waals surface area contributed by atoms with E-state index in [4.69, 9.17) is 0 Å².